The standard InChI is InChI=1S/C16H16N2O2/c1-3-18-14-8-6-5-7-12(14)9-10-15(18)13(11-17)16(19)20-4-2/h5-10H,3-4H2,1-2H3/b15-13+. The zero-order valence-corrected chi connectivity index (χ0v) is 11.6. The predicted octanol–water partition coefficient (Wildman–Crippen LogP) is 2.88. The second-order valence-corrected chi connectivity index (χ2v) is 4.23. The fourth-order valence-electron chi connectivity index (χ4n) is 2.23. The molecule has 0 saturated carbocycles. The summed E-state index contributed by atoms with van der Waals surface area (Å²) in [5, 5.41) is 9.27. The fraction of sp³-hybridized carbons (Fsp3) is 0.250. The third kappa shape index (κ3) is 2.43. The Morgan fingerprint density at radius 3 is 2.70 bits per heavy atom. The Bertz CT molecular complexity index is 624. The van der Waals surface area contributed by atoms with Gasteiger partial charge in [-0.25, -0.2) is 4.79 Å². The molecule has 0 saturated heterocycles. The molecule has 2 rings (SSSR count). The highest BCUT2D eigenvalue weighted by Crippen LogP contribution is 2.31. The first-order valence-electron chi connectivity index (χ1n) is 6.59. The van der Waals surface area contributed by atoms with Gasteiger partial charge in [-0.1, -0.05) is 24.3 Å². The molecule has 20 heavy (non-hydrogen) atoms. The van der Waals surface area contributed by atoms with E-state index in [1.54, 1.807) is 13.0 Å². The van der Waals surface area contributed by atoms with Crippen LogP contribution in [-0.2, 0) is 9.53 Å². The van der Waals surface area contributed by atoms with Gasteiger partial charge in [0.2, 0.25) is 0 Å². The van der Waals surface area contributed by atoms with Crippen LogP contribution in [0.1, 0.15) is 19.4 Å². The Hall–Kier alpha value is -2.54. The molecule has 0 radical (unpaired) electrons. The van der Waals surface area contributed by atoms with E-state index in [0.29, 0.717) is 12.2 Å². The van der Waals surface area contributed by atoms with Crippen molar-refractivity contribution < 1.29 is 9.53 Å². The van der Waals surface area contributed by atoms with E-state index < -0.39 is 5.97 Å². The number of fused-ring (bicyclic) bond motifs is 1. The van der Waals surface area contributed by atoms with Gasteiger partial charge < -0.3 is 9.64 Å². The van der Waals surface area contributed by atoms with Crippen LogP contribution in [0.15, 0.2) is 41.6 Å². The summed E-state index contributed by atoms with van der Waals surface area (Å²) in [4.78, 5) is 13.8. The van der Waals surface area contributed by atoms with Crippen LogP contribution in [0.5, 0.6) is 0 Å². The zero-order valence-electron chi connectivity index (χ0n) is 11.6. The minimum Gasteiger partial charge on any atom is -0.462 e. The first-order valence-corrected chi connectivity index (χ1v) is 6.59. The van der Waals surface area contributed by atoms with Gasteiger partial charge in [0.1, 0.15) is 6.07 Å². The number of carbonyl (C=O) groups excluding carboxylic acids is 1. The Labute approximate surface area is 118 Å². The highest BCUT2D eigenvalue weighted by molar-refractivity contribution is 5.96. The number of nitriles is 1. The van der Waals surface area contributed by atoms with E-state index in [1.807, 2.05) is 48.2 Å². The number of benzene rings is 1. The number of rotatable bonds is 3. The number of carbonyl (C=O) groups is 1. The normalized spacial score (nSPS) is 15.3. The summed E-state index contributed by atoms with van der Waals surface area (Å²) in [5.41, 5.74) is 2.69. The molecule has 0 unspecified atom stereocenters. The van der Waals surface area contributed by atoms with E-state index in [9.17, 15) is 10.1 Å². The molecule has 0 fully saturated rings. The lowest BCUT2D eigenvalue weighted by Gasteiger charge is -2.29. The van der Waals surface area contributed by atoms with Crippen LogP contribution in [0.2, 0.25) is 0 Å². The van der Waals surface area contributed by atoms with Gasteiger partial charge in [0.25, 0.3) is 0 Å². The van der Waals surface area contributed by atoms with Crippen LogP contribution in [-0.4, -0.2) is 19.1 Å². The predicted molar refractivity (Wildman–Crippen MR) is 77.8 cm³/mol. The van der Waals surface area contributed by atoms with Gasteiger partial charge in [0.15, 0.2) is 5.57 Å². The Kier molecular flexibility index (Phi) is 4.21. The second kappa shape index (κ2) is 6.07. The molecule has 0 amide bonds. The largest absolute Gasteiger partial charge is 0.462 e. The summed E-state index contributed by atoms with van der Waals surface area (Å²) < 4.78 is 4.95. The molecular formula is C16H16N2O2. The van der Waals surface area contributed by atoms with E-state index in [4.69, 9.17) is 4.74 Å². The van der Waals surface area contributed by atoms with E-state index >= 15 is 0 Å². The van der Waals surface area contributed by atoms with Gasteiger partial charge in [-0.2, -0.15) is 5.26 Å². The first kappa shape index (κ1) is 13.9. The number of hydrogen-bond acceptors (Lipinski definition) is 4. The average molecular weight is 268 g/mol. The zero-order chi connectivity index (χ0) is 14.5. The third-order valence-corrected chi connectivity index (χ3v) is 3.10. The number of esters is 1. The number of ether oxygens (including phenoxy) is 1. The van der Waals surface area contributed by atoms with Crippen molar-refractivity contribution in [1.29, 1.82) is 5.26 Å². The van der Waals surface area contributed by atoms with E-state index in [-0.39, 0.29) is 12.2 Å². The van der Waals surface area contributed by atoms with Crippen molar-refractivity contribution in [2.45, 2.75) is 13.8 Å². The van der Waals surface area contributed by atoms with Crippen molar-refractivity contribution in [3.63, 3.8) is 0 Å². The van der Waals surface area contributed by atoms with Crippen molar-refractivity contribution in [1.82, 2.24) is 0 Å². The van der Waals surface area contributed by atoms with Crippen LogP contribution in [0, 0.1) is 11.3 Å². The van der Waals surface area contributed by atoms with Crippen molar-refractivity contribution >= 4 is 17.7 Å². The lowest BCUT2D eigenvalue weighted by Crippen LogP contribution is -2.27. The Morgan fingerprint density at radius 1 is 1.30 bits per heavy atom. The summed E-state index contributed by atoms with van der Waals surface area (Å²) in [5.74, 6) is -0.576. The number of nitrogens with zero attached hydrogens (tertiary/aromatic N) is 2. The molecule has 1 aliphatic heterocycles. The number of anilines is 1. The van der Waals surface area contributed by atoms with Gasteiger partial charge in [-0.15, -0.1) is 0 Å². The van der Waals surface area contributed by atoms with E-state index in [0.717, 1.165) is 11.3 Å². The van der Waals surface area contributed by atoms with Crippen LogP contribution in [0.25, 0.3) is 6.08 Å². The molecule has 1 aliphatic rings. The molecule has 1 aromatic carbocycles. The molecule has 4 nitrogen and oxygen atoms in total. The highest BCUT2D eigenvalue weighted by Gasteiger charge is 2.23. The number of allylic oxidation sites excluding steroid dienone is 1. The topological polar surface area (TPSA) is 53.3 Å². The lowest BCUT2D eigenvalue weighted by atomic mass is 10.0. The minimum absolute atomic E-state index is 0.0412. The molecule has 0 bridgehead atoms. The van der Waals surface area contributed by atoms with Crippen molar-refractivity contribution in [3.8, 4) is 6.07 Å². The van der Waals surface area contributed by atoms with Crippen molar-refractivity contribution in [3.05, 3.63) is 47.2 Å². The first-order chi connectivity index (χ1) is 9.72. The van der Waals surface area contributed by atoms with Gasteiger partial charge in [0.05, 0.1) is 12.3 Å². The maximum Gasteiger partial charge on any atom is 0.351 e. The maximum absolute atomic E-state index is 11.9. The van der Waals surface area contributed by atoms with Crippen LogP contribution < -0.4 is 4.90 Å². The molecule has 1 heterocycles. The summed E-state index contributed by atoms with van der Waals surface area (Å²) in [6, 6.07) is 9.84. The summed E-state index contributed by atoms with van der Waals surface area (Å²) in [6.45, 7) is 4.63. The van der Waals surface area contributed by atoms with Crippen molar-refractivity contribution in [2.75, 3.05) is 18.1 Å². The third-order valence-electron chi connectivity index (χ3n) is 3.10. The van der Waals surface area contributed by atoms with E-state index in [2.05, 4.69) is 0 Å². The van der Waals surface area contributed by atoms with Crippen LogP contribution in [0.3, 0.4) is 0 Å². The van der Waals surface area contributed by atoms with Gasteiger partial charge >= 0.3 is 5.97 Å². The summed E-state index contributed by atoms with van der Waals surface area (Å²) in [7, 11) is 0. The molecule has 0 N–H and O–H groups in total. The Morgan fingerprint density at radius 2 is 2.05 bits per heavy atom. The average Bonchev–Trinajstić information content (AvgIpc) is 2.48. The van der Waals surface area contributed by atoms with Crippen molar-refractivity contribution in [2.24, 2.45) is 0 Å². The summed E-state index contributed by atoms with van der Waals surface area (Å²) in [6.07, 6.45) is 3.70. The number of hydrogen-bond donors (Lipinski definition) is 0. The molecule has 4 heteroatoms. The maximum atomic E-state index is 11.9. The monoisotopic (exact) mass is 268 g/mol. The lowest BCUT2D eigenvalue weighted by molar-refractivity contribution is -0.138. The second-order valence-electron chi connectivity index (χ2n) is 4.23. The molecule has 0 aromatic heterocycles. The quantitative estimate of drug-likeness (QED) is 0.480. The molecule has 0 atom stereocenters. The number of likely N-dealkylation sites (N-methyl/N-ethyl adjacent to an activating group) is 1. The van der Waals surface area contributed by atoms with Gasteiger partial charge in [-0.05, 0) is 31.6 Å². The summed E-state index contributed by atoms with van der Waals surface area (Å²) >= 11 is 0. The van der Waals surface area contributed by atoms with Gasteiger partial charge in [-0.3, -0.25) is 0 Å². The Balaban J connectivity index is 2.53. The molecule has 0 aliphatic carbocycles. The SMILES string of the molecule is CCOC(=O)/C(C#N)=C1\C=Cc2ccccc2N1CC. The smallest absolute Gasteiger partial charge is 0.351 e. The van der Waals surface area contributed by atoms with Crippen LogP contribution in [0.4, 0.5) is 5.69 Å². The molecule has 1 aromatic rings. The van der Waals surface area contributed by atoms with Crippen LogP contribution >= 0.6 is 0 Å². The molecule has 102 valence electrons. The minimum atomic E-state index is -0.576. The van der Waals surface area contributed by atoms with E-state index in [1.165, 1.54) is 0 Å². The van der Waals surface area contributed by atoms with Gasteiger partial charge in [0, 0.05) is 12.2 Å². The molecule has 0 spiro atoms. The fourth-order valence-corrected chi connectivity index (χ4v) is 2.23. The number of para-hydroxylation sites is 1. The molecular weight excluding hydrogens is 252 g/mol. The highest BCUT2D eigenvalue weighted by atomic mass is 16.5.